The van der Waals surface area contributed by atoms with Crippen LogP contribution in [0.2, 0.25) is 0 Å². The van der Waals surface area contributed by atoms with Crippen LogP contribution in [0.4, 0.5) is 14.9 Å². The lowest BCUT2D eigenvalue weighted by Gasteiger charge is -2.34. The summed E-state index contributed by atoms with van der Waals surface area (Å²) < 4.78 is 25.9. The number of rotatable bonds is 5. The van der Waals surface area contributed by atoms with Crippen LogP contribution in [0.3, 0.4) is 0 Å². The topological polar surface area (TPSA) is 50.8 Å². The van der Waals surface area contributed by atoms with Crippen LogP contribution in [0.1, 0.15) is 31.0 Å². The zero-order chi connectivity index (χ0) is 21.3. The van der Waals surface area contributed by atoms with Gasteiger partial charge in [0, 0.05) is 36.2 Å². The van der Waals surface area contributed by atoms with E-state index in [-0.39, 0.29) is 29.7 Å². The van der Waals surface area contributed by atoms with E-state index in [0.717, 1.165) is 11.3 Å². The first-order valence-corrected chi connectivity index (χ1v) is 10.6. The minimum absolute atomic E-state index is 0.0853. The first-order chi connectivity index (χ1) is 14.4. The minimum Gasteiger partial charge on any atom is -0.493 e. The Hall–Kier alpha value is -2.60. The zero-order valence-electron chi connectivity index (χ0n) is 17.7. The summed E-state index contributed by atoms with van der Waals surface area (Å²) in [6, 6.07) is 12.3. The summed E-state index contributed by atoms with van der Waals surface area (Å²) in [4.78, 5) is 15.1. The van der Waals surface area contributed by atoms with Gasteiger partial charge < -0.3 is 19.7 Å². The number of urea groups is 1. The third-order valence-electron chi connectivity index (χ3n) is 5.91. The molecule has 3 atom stereocenters. The molecule has 0 spiro atoms. The molecular weight excluding hydrogens is 383 g/mol. The highest BCUT2D eigenvalue weighted by atomic mass is 19.1. The lowest BCUT2D eigenvalue weighted by molar-refractivity contribution is 0.0562. The van der Waals surface area contributed by atoms with Crippen molar-refractivity contribution in [1.29, 1.82) is 0 Å². The Morgan fingerprint density at radius 3 is 2.87 bits per heavy atom. The van der Waals surface area contributed by atoms with Crippen LogP contribution < -0.4 is 10.1 Å². The number of benzene rings is 2. The van der Waals surface area contributed by atoms with Crippen molar-refractivity contribution in [3.63, 3.8) is 0 Å². The van der Waals surface area contributed by atoms with E-state index in [9.17, 15) is 9.18 Å². The van der Waals surface area contributed by atoms with Crippen molar-refractivity contribution in [2.45, 2.75) is 26.8 Å². The molecule has 30 heavy (non-hydrogen) atoms. The fourth-order valence-electron chi connectivity index (χ4n) is 4.37. The van der Waals surface area contributed by atoms with Gasteiger partial charge in [0.1, 0.15) is 11.6 Å². The fraction of sp³-hybridized carbons (Fsp3) is 0.458. The molecule has 160 valence electrons. The molecule has 2 aliphatic heterocycles. The number of hydrogen-bond donors (Lipinski definition) is 1. The lowest BCUT2D eigenvalue weighted by Crippen LogP contribution is -2.38. The van der Waals surface area contributed by atoms with E-state index >= 15 is 0 Å². The molecular formula is C24H29FN2O3. The van der Waals surface area contributed by atoms with Gasteiger partial charge in [-0.15, -0.1) is 0 Å². The summed E-state index contributed by atoms with van der Waals surface area (Å²) in [5, 5.41) is 2.88. The van der Waals surface area contributed by atoms with Gasteiger partial charge in [-0.1, -0.05) is 38.1 Å². The SMILES string of the molecule is Cc1ccc(NC(=O)N2C[C@@H](COCC(C)C)[C@@H]3COc4ccccc4[C@@H]32)cc1F. The monoisotopic (exact) mass is 412 g/mol. The first-order valence-electron chi connectivity index (χ1n) is 10.6. The lowest BCUT2D eigenvalue weighted by atomic mass is 9.86. The number of hydrogen-bond acceptors (Lipinski definition) is 3. The van der Waals surface area contributed by atoms with Crippen molar-refractivity contribution < 1.29 is 18.7 Å². The van der Waals surface area contributed by atoms with E-state index in [2.05, 4.69) is 19.2 Å². The molecule has 0 bridgehead atoms. The van der Waals surface area contributed by atoms with Crippen LogP contribution in [0.15, 0.2) is 42.5 Å². The van der Waals surface area contributed by atoms with Gasteiger partial charge in [0.05, 0.1) is 19.3 Å². The number of para-hydroxylation sites is 1. The molecule has 6 heteroatoms. The maximum absolute atomic E-state index is 13.9. The van der Waals surface area contributed by atoms with E-state index < -0.39 is 0 Å². The van der Waals surface area contributed by atoms with Crippen molar-refractivity contribution in [3.05, 3.63) is 59.4 Å². The molecule has 0 radical (unpaired) electrons. The number of nitrogens with one attached hydrogen (secondary N) is 1. The Morgan fingerprint density at radius 1 is 1.30 bits per heavy atom. The van der Waals surface area contributed by atoms with E-state index in [1.165, 1.54) is 6.07 Å². The predicted molar refractivity (Wildman–Crippen MR) is 114 cm³/mol. The number of carbonyl (C=O) groups excluding carboxylic acids is 1. The second-order valence-electron chi connectivity index (χ2n) is 8.70. The van der Waals surface area contributed by atoms with Crippen LogP contribution >= 0.6 is 0 Å². The first kappa shape index (κ1) is 20.7. The summed E-state index contributed by atoms with van der Waals surface area (Å²) in [6.45, 7) is 8.36. The highest BCUT2D eigenvalue weighted by Crippen LogP contribution is 2.47. The fourth-order valence-corrected chi connectivity index (χ4v) is 4.37. The van der Waals surface area contributed by atoms with E-state index in [1.54, 1.807) is 19.1 Å². The van der Waals surface area contributed by atoms with Gasteiger partial charge in [-0.2, -0.15) is 0 Å². The quantitative estimate of drug-likeness (QED) is 0.750. The van der Waals surface area contributed by atoms with Crippen molar-refractivity contribution in [1.82, 2.24) is 4.90 Å². The number of likely N-dealkylation sites (tertiary alicyclic amines) is 1. The molecule has 1 saturated heterocycles. The Morgan fingerprint density at radius 2 is 2.10 bits per heavy atom. The Bertz CT molecular complexity index is 917. The number of amides is 2. The van der Waals surface area contributed by atoms with E-state index in [4.69, 9.17) is 9.47 Å². The predicted octanol–water partition coefficient (Wildman–Crippen LogP) is 5.02. The average Bonchev–Trinajstić information content (AvgIpc) is 3.10. The van der Waals surface area contributed by atoms with Crippen LogP contribution in [-0.2, 0) is 4.74 Å². The largest absolute Gasteiger partial charge is 0.493 e. The highest BCUT2D eigenvalue weighted by Gasteiger charge is 2.48. The molecule has 0 saturated carbocycles. The highest BCUT2D eigenvalue weighted by molar-refractivity contribution is 5.90. The minimum atomic E-state index is -0.330. The second-order valence-corrected chi connectivity index (χ2v) is 8.70. The van der Waals surface area contributed by atoms with E-state index in [0.29, 0.717) is 43.5 Å². The number of nitrogens with zero attached hydrogens (tertiary/aromatic N) is 1. The summed E-state index contributed by atoms with van der Waals surface area (Å²) in [7, 11) is 0. The molecule has 2 aromatic carbocycles. The Kier molecular flexibility index (Phi) is 5.95. The van der Waals surface area contributed by atoms with Gasteiger partial charge in [0.2, 0.25) is 0 Å². The number of fused-ring (bicyclic) bond motifs is 3. The molecule has 2 aliphatic rings. The molecule has 0 aliphatic carbocycles. The molecule has 0 aromatic heterocycles. The van der Waals surface area contributed by atoms with Crippen molar-refractivity contribution in [3.8, 4) is 5.75 Å². The molecule has 1 N–H and O–H groups in total. The summed E-state index contributed by atoms with van der Waals surface area (Å²) >= 11 is 0. The number of ether oxygens (including phenoxy) is 2. The third-order valence-corrected chi connectivity index (χ3v) is 5.91. The van der Waals surface area contributed by atoms with Crippen LogP contribution in [-0.4, -0.2) is 37.3 Å². The normalized spacial score (nSPS) is 22.4. The third kappa shape index (κ3) is 4.15. The number of aryl methyl sites for hydroxylation is 1. The molecule has 2 aromatic rings. The van der Waals surface area contributed by atoms with Crippen LogP contribution in [0, 0.1) is 30.5 Å². The summed E-state index contributed by atoms with van der Waals surface area (Å²) in [5.41, 5.74) is 2.03. The van der Waals surface area contributed by atoms with Gasteiger partial charge in [0.15, 0.2) is 0 Å². The molecule has 1 fully saturated rings. The number of carbonyl (C=O) groups is 1. The molecule has 4 rings (SSSR count). The summed E-state index contributed by atoms with van der Waals surface area (Å²) in [6.07, 6.45) is 0. The maximum Gasteiger partial charge on any atom is 0.322 e. The van der Waals surface area contributed by atoms with Gasteiger partial charge in [-0.05, 0) is 36.6 Å². The van der Waals surface area contributed by atoms with Crippen molar-refractivity contribution in [2.75, 3.05) is 31.7 Å². The van der Waals surface area contributed by atoms with Crippen molar-refractivity contribution >= 4 is 11.7 Å². The standard InChI is InChI=1S/C24H29FN2O3/c1-15(2)12-29-13-17-11-27(24(28)26-18-9-8-16(3)21(25)10-18)23-19-6-4-5-7-22(19)30-14-20(17)23/h4-10,15,17,20,23H,11-14H2,1-3H3,(H,26,28)/t17-,20-,23-/m0/s1. The molecule has 0 unspecified atom stereocenters. The van der Waals surface area contributed by atoms with Crippen LogP contribution in [0.5, 0.6) is 5.75 Å². The Balaban J connectivity index is 1.57. The average molecular weight is 413 g/mol. The van der Waals surface area contributed by atoms with Crippen molar-refractivity contribution in [2.24, 2.45) is 17.8 Å². The molecule has 2 heterocycles. The maximum atomic E-state index is 13.9. The second kappa shape index (κ2) is 8.64. The molecule has 2 amide bonds. The summed E-state index contributed by atoms with van der Waals surface area (Å²) in [5.74, 6) is 1.29. The van der Waals surface area contributed by atoms with Gasteiger partial charge >= 0.3 is 6.03 Å². The number of anilines is 1. The smallest absolute Gasteiger partial charge is 0.322 e. The van der Waals surface area contributed by atoms with Gasteiger partial charge in [-0.25, -0.2) is 9.18 Å². The number of halogens is 1. The van der Waals surface area contributed by atoms with Gasteiger partial charge in [0.25, 0.3) is 0 Å². The zero-order valence-corrected chi connectivity index (χ0v) is 17.7. The van der Waals surface area contributed by atoms with Gasteiger partial charge in [-0.3, -0.25) is 0 Å². The van der Waals surface area contributed by atoms with E-state index in [1.807, 2.05) is 29.2 Å². The molecule has 5 nitrogen and oxygen atoms in total. The van der Waals surface area contributed by atoms with Crippen LogP contribution in [0.25, 0.3) is 0 Å². The Labute approximate surface area is 177 Å².